The summed E-state index contributed by atoms with van der Waals surface area (Å²) >= 11 is 5.83. The summed E-state index contributed by atoms with van der Waals surface area (Å²) < 4.78 is 1.69. The number of carbonyl (C=O) groups is 1. The summed E-state index contributed by atoms with van der Waals surface area (Å²) in [5.41, 5.74) is 1.36. The Morgan fingerprint density at radius 2 is 2.17 bits per heavy atom. The molecule has 0 saturated carbocycles. The summed E-state index contributed by atoms with van der Waals surface area (Å²) in [7, 11) is 0. The number of nitrogens with one attached hydrogen (secondary N) is 1. The normalized spacial score (nSPS) is 10.3. The Bertz CT molecular complexity index is 551. The van der Waals surface area contributed by atoms with Crippen LogP contribution in [-0.4, -0.2) is 15.6 Å². The van der Waals surface area contributed by atoms with Crippen molar-refractivity contribution in [3.8, 4) is 0 Å². The molecule has 2 aromatic rings. The zero-order valence-electron chi connectivity index (χ0n) is 9.64. The van der Waals surface area contributed by atoms with E-state index in [1.165, 1.54) is 0 Å². The molecule has 1 amide bonds. The molecule has 0 aliphatic carbocycles. The third kappa shape index (κ3) is 3.12. The number of anilines is 1. The van der Waals surface area contributed by atoms with Gasteiger partial charge in [-0.3, -0.25) is 4.79 Å². The van der Waals surface area contributed by atoms with Crippen molar-refractivity contribution in [2.24, 2.45) is 0 Å². The molecular weight excluding hydrogens is 252 g/mol. The lowest BCUT2D eigenvalue weighted by molar-refractivity contribution is -0.116. The van der Waals surface area contributed by atoms with Crippen LogP contribution in [0, 0.1) is 0 Å². The number of halogens is 1. The van der Waals surface area contributed by atoms with Crippen molar-refractivity contribution >= 4 is 23.2 Å². The highest BCUT2D eigenvalue weighted by Gasteiger charge is 2.06. The van der Waals surface area contributed by atoms with Crippen molar-refractivity contribution in [2.45, 2.75) is 13.2 Å². The van der Waals surface area contributed by atoms with E-state index >= 15 is 0 Å². The van der Waals surface area contributed by atoms with Crippen molar-refractivity contribution < 1.29 is 9.90 Å². The number of aliphatic hydroxyl groups excluding tert-OH is 1. The maximum atomic E-state index is 11.8. The van der Waals surface area contributed by atoms with Gasteiger partial charge in [0.25, 0.3) is 0 Å². The fourth-order valence-corrected chi connectivity index (χ4v) is 1.86. The average Bonchev–Trinajstić information content (AvgIpc) is 2.76. The second-order valence-electron chi connectivity index (χ2n) is 3.84. The minimum absolute atomic E-state index is 0.0859. The Hall–Kier alpha value is -1.78. The predicted molar refractivity (Wildman–Crippen MR) is 70.4 cm³/mol. The van der Waals surface area contributed by atoms with E-state index in [1.54, 1.807) is 47.2 Å². The van der Waals surface area contributed by atoms with Crippen LogP contribution >= 0.6 is 11.6 Å². The molecule has 1 heterocycles. The molecule has 1 aromatic heterocycles. The summed E-state index contributed by atoms with van der Waals surface area (Å²) in [6, 6.07) is 10.5. The van der Waals surface area contributed by atoms with Crippen molar-refractivity contribution in [1.29, 1.82) is 0 Å². The molecule has 18 heavy (non-hydrogen) atoms. The molecular formula is C13H13ClN2O2. The van der Waals surface area contributed by atoms with Crippen molar-refractivity contribution in [2.75, 3.05) is 5.32 Å². The van der Waals surface area contributed by atoms with Gasteiger partial charge in [-0.25, -0.2) is 0 Å². The van der Waals surface area contributed by atoms with Gasteiger partial charge in [-0.15, -0.1) is 0 Å². The lowest BCUT2D eigenvalue weighted by atomic mass is 10.3. The van der Waals surface area contributed by atoms with Crippen LogP contribution < -0.4 is 5.32 Å². The summed E-state index contributed by atoms with van der Waals surface area (Å²) in [6.45, 7) is 0.0762. The second-order valence-corrected chi connectivity index (χ2v) is 4.28. The molecule has 5 heteroatoms. The molecule has 0 bridgehead atoms. The summed E-state index contributed by atoms with van der Waals surface area (Å²) in [6.07, 6.45) is 1.75. The SMILES string of the molecule is O=C(Cn1cccc1CO)Nc1cccc(Cl)c1. The quantitative estimate of drug-likeness (QED) is 0.890. The minimum atomic E-state index is -0.164. The molecule has 0 fully saturated rings. The Kier molecular flexibility index (Phi) is 4.02. The highest BCUT2D eigenvalue weighted by molar-refractivity contribution is 6.30. The first-order chi connectivity index (χ1) is 8.69. The molecule has 94 valence electrons. The van der Waals surface area contributed by atoms with E-state index < -0.39 is 0 Å². The number of amides is 1. The van der Waals surface area contributed by atoms with Gasteiger partial charge >= 0.3 is 0 Å². The molecule has 4 nitrogen and oxygen atoms in total. The number of carbonyl (C=O) groups excluding carboxylic acids is 1. The molecule has 0 unspecified atom stereocenters. The molecule has 2 N–H and O–H groups in total. The third-order valence-electron chi connectivity index (χ3n) is 2.51. The Morgan fingerprint density at radius 1 is 1.33 bits per heavy atom. The molecule has 0 saturated heterocycles. The van der Waals surface area contributed by atoms with Crippen LogP contribution in [0.15, 0.2) is 42.6 Å². The van der Waals surface area contributed by atoms with Gasteiger partial charge in [0, 0.05) is 22.6 Å². The minimum Gasteiger partial charge on any atom is -0.390 e. The molecule has 0 atom stereocenters. The van der Waals surface area contributed by atoms with E-state index in [0.717, 1.165) is 0 Å². The van der Waals surface area contributed by atoms with Gasteiger partial charge in [-0.05, 0) is 30.3 Å². The zero-order valence-corrected chi connectivity index (χ0v) is 10.4. The largest absolute Gasteiger partial charge is 0.390 e. The smallest absolute Gasteiger partial charge is 0.244 e. The monoisotopic (exact) mass is 264 g/mol. The highest BCUT2D eigenvalue weighted by Crippen LogP contribution is 2.15. The number of benzene rings is 1. The molecule has 0 aliphatic heterocycles. The van der Waals surface area contributed by atoms with Gasteiger partial charge in [-0.1, -0.05) is 17.7 Å². The van der Waals surface area contributed by atoms with E-state index in [1.807, 2.05) is 0 Å². The van der Waals surface area contributed by atoms with Gasteiger partial charge < -0.3 is 15.0 Å². The van der Waals surface area contributed by atoms with E-state index in [-0.39, 0.29) is 19.1 Å². The summed E-state index contributed by atoms with van der Waals surface area (Å²) in [4.78, 5) is 11.8. The first-order valence-electron chi connectivity index (χ1n) is 5.49. The van der Waals surface area contributed by atoms with Crippen LogP contribution in [-0.2, 0) is 17.9 Å². The van der Waals surface area contributed by atoms with Gasteiger partial charge in [-0.2, -0.15) is 0 Å². The van der Waals surface area contributed by atoms with Crippen LogP contribution in [0.1, 0.15) is 5.69 Å². The Labute approximate surface area is 110 Å². The molecule has 0 radical (unpaired) electrons. The van der Waals surface area contributed by atoms with E-state index in [0.29, 0.717) is 16.4 Å². The van der Waals surface area contributed by atoms with Crippen molar-refractivity contribution in [3.05, 3.63) is 53.3 Å². The van der Waals surface area contributed by atoms with Gasteiger partial charge in [0.15, 0.2) is 0 Å². The third-order valence-corrected chi connectivity index (χ3v) is 2.74. The zero-order chi connectivity index (χ0) is 13.0. The number of rotatable bonds is 4. The molecule has 0 aliphatic rings. The number of hydrogen-bond donors (Lipinski definition) is 2. The standard InChI is InChI=1S/C13H13ClN2O2/c14-10-3-1-4-11(7-10)15-13(18)8-16-6-2-5-12(16)9-17/h1-7,17H,8-9H2,(H,15,18). The fraction of sp³-hybridized carbons (Fsp3) is 0.154. The van der Waals surface area contributed by atoms with Crippen LogP contribution in [0.2, 0.25) is 5.02 Å². The number of aromatic nitrogens is 1. The topological polar surface area (TPSA) is 54.3 Å². The average molecular weight is 265 g/mol. The second kappa shape index (κ2) is 5.71. The first-order valence-corrected chi connectivity index (χ1v) is 5.87. The fourth-order valence-electron chi connectivity index (χ4n) is 1.67. The van der Waals surface area contributed by atoms with Gasteiger partial charge in [0.2, 0.25) is 5.91 Å². The van der Waals surface area contributed by atoms with E-state index in [2.05, 4.69) is 5.32 Å². The van der Waals surface area contributed by atoms with Crippen molar-refractivity contribution in [1.82, 2.24) is 4.57 Å². The van der Waals surface area contributed by atoms with Gasteiger partial charge in [0.1, 0.15) is 6.54 Å². The van der Waals surface area contributed by atoms with E-state index in [9.17, 15) is 4.79 Å². The Morgan fingerprint density at radius 3 is 2.89 bits per heavy atom. The molecule has 0 spiro atoms. The van der Waals surface area contributed by atoms with Crippen LogP contribution in [0.3, 0.4) is 0 Å². The van der Waals surface area contributed by atoms with Crippen molar-refractivity contribution in [3.63, 3.8) is 0 Å². The lowest BCUT2D eigenvalue weighted by Gasteiger charge is -2.08. The maximum absolute atomic E-state index is 11.8. The van der Waals surface area contributed by atoms with Gasteiger partial charge in [0.05, 0.1) is 6.61 Å². The van der Waals surface area contributed by atoms with E-state index in [4.69, 9.17) is 16.7 Å². The number of nitrogens with zero attached hydrogens (tertiary/aromatic N) is 1. The number of hydrogen-bond acceptors (Lipinski definition) is 2. The summed E-state index contributed by atoms with van der Waals surface area (Å²) in [5.74, 6) is -0.164. The highest BCUT2D eigenvalue weighted by atomic mass is 35.5. The molecule has 1 aromatic carbocycles. The first kappa shape index (κ1) is 12.7. The van der Waals surface area contributed by atoms with Crippen LogP contribution in [0.5, 0.6) is 0 Å². The number of aliphatic hydroxyl groups is 1. The molecule has 2 rings (SSSR count). The maximum Gasteiger partial charge on any atom is 0.244 e. The lowest BCUT2D eigenvalue weighted by Crippen LogP contribution is -2.19. The Balaban J connectivity index is 2.01. The predicted octanol–water partition coefficient (Wildman–Crippen LogP) is 2.27. The van der Waals surface area contributed by atoms with Crippen LogP contribution in [0.25, 0.3) is 0 Å². The summed E-state index contributed by atoms with van der Waals surface area (Å²) in [5, 5.41) is 12.4. The van der Waals surface area contributed by atoms with Crippen LogP contribution in [0.4, 0.5) is 5.69 Å².